The Morgan fingerprint density at radius 2 is 2.07 bits per heavy atom. The van der Waals surface area contributed by atoms with Crippen molar-refractivity contribution >= 4 is 17.5 Å². The third-order valence-corrected chi connectivity index (χ3v) is 3.07. The second kappa shape index (κ2) is 3.83. The van der Waals surface area contributed by atoms with Crippen molar-refractivity contribution in [2.45, 2.75) is 19.0 Å². The van der Waals surface area contributed by atoms with Crippen LogP contribution < -0.4 is 5.73 Å². The zero-order valence-corrected chi connectivity index (χ0v) is 9.24. The highest BCUT2D eigenvalue weighted by Gasteiger charge is 2.36. The number of hydrogen-bond donors (Lipinski definition) is 1. The molecule has 3 nitrogen and oxygen atoms in total. The fourth-order valence-corrected chi connectivity index (χ4v) is 1.88. The fourth-order valence-electron chi connectivity index (χ4n) is 1.75. The predicted octanol–water partition coefficient (Wildman–Crippen LogP) is 1.57. The summed E-state index contributed by atoms with van der Waals surface area (Å²) in [6.45, 7) is 2.63. The molecule has 1 aromatic rings. The van der Waals surface area contributed by atoms with Gasteiger partial charge >= 0.3 is 0 Å². The van der Waals surface area contributed by atoms with Gasteiger partial charge in [-0.3, -0.25) is 4.79 Å². The first-order valence-corrected chi connectivity index (χ1v) is 5.29. The van der Waals surface area contributed by atoms with E-state index in [-0.39, 0.29) is 18.0 Å². The van der Waals surface area contributed by atoms with Crippen molar-refractivity contribution in [2.24, 2.45) is 5.73 Å². The summed E-state index contributed by atoms with van der Waals surface area (Å²) in [4.78, 5) is 13.2. The van der Waals surface area contributed by atoms with Crippen LogP contribution in [0.3, 0.4) is 0 Å². The number of carbonyl (C=O) groups is 1. The summed E-state index contributed by atoms with van der Waals surface area (Å²) >= 11 is 5.80. The minimum Gasteiger partial charge on any atom is -0.332 e. The van der Waals surface area contributed by atoms with E-state index in [9.17, 15) is 4.79 Å². The Balaban J connectivity index is 2.11. The van der Waals surface area contributed by atoms with Gasteiger partial charge in [-0.1, -0.05) is 23.7 Å². The van der Waals surface area contributed by atoms with Gasteiger partial charge in [-0.2, -0.15) is 0 Å². The van der Waals surface area contributed by atoms with E-state index >= 15 is 0 Å². The summed E-state index contributed by atoms with van der Waals surface area (Å²) in [7, 11) is 0. The highest BCUT2D eigenvalue weighted by molar-refractivity contribution is 6.30. The Morgan fingerprint density at radius 3 is 2.53 bits per heavy atom. The molecular weight excluding hydrogens is 212 g/mol. The molecule has 0 bridgehead atoms. The number of rotatable bonds is 2. The average Bonchev–Trinajstić information content (AvgIpc) is 2.25. The van der Waals surface area contributed by atoms with Crippen molar-refractivity contribution in [1.29, 1.82) is 0 Å². The van der Waals surface area contributed by atoms with Crippen LogP contribution in [0.4, 0.5) is 0 Å². The predicted molar refractivity (Wildman–Crippen MR) is 59.6 cm³/mol. The Morgan fingerprint density at radius 1 is 1.47 bits per heavy atom. The second-order valence-electron chi connectivity index (χ2n) is 3.82. The molecule has 0 saturated carbocycles. The van der Waals surface area contributed by atoms with Crippen LogP contribution in [0.15, 0.2) is 24.3 Å². The lowest BCUT2D eigenvalue weighted by Crippen LogP contribution is -2.61. The van der Waals surface area contributed by atoms with Crippen molar-refractivity contribution in [3.63, 3.8) is 0 Å². The van der Waals surface area contributed by atoms with Gasteiger partial charge in [0.2, 0.25) is 5.91 Å². The maximum Gasteiger partial charge on any atom is 0.241 e. The summed E-state index contributed by atoms with van der Waals surface area (Å²) in [5.74, 6) is 0.0254. The molecule has 2 N–H and O–H groups in total. The van der Waals surface area contributed by atoms with Crippen LogP contribution in [0.5, 0.6) is 0 Å². The zero-order valence-electron chi connectivity index (χ0n) is 8.48. The Kier molecular flexibility index (Phi) is 2.67. The molecule has 2 atom stereocenters. The first kappa shape index (κ1) is 10.5. The Bertz CT molecular complexity index is 377. The quantitative estimate of drug-likeness (QED) is 0.776. The van der Waals surface area contributed by atoms with Gasteiger partial charge in [0.1, 0.15) is 6.04 Å². The number of nitrogens with zero attached hydrogens (tertiary/aromatic N) is 1. The van der Waals surface area contributed by atoms with E-state index in [1.54, 1.807) is 4.90 Å². The van der Waals surface area contributed by atoms with Crippen LogP contribution in [0.1, 0.15) is 18.5 Å². The van der Waals surface area contributed by atoms with E-state index in [0.29, 0.717) is 11.6 Å². The zero-order chi connectivity index (χ0) is 11.0. The first-order valence-electron chi connectivity index (χ1n) is 4.91. The molecule has 1 amide bonds. The topological polar surface area (TPSA) is 46.3 Å². The van der Waals surface area contributed by atoms with Crippen molar-refractivity contribution in [1.82, 2.24) is 4.90 Å². The molecule has 1 aliphatic rings. The normalized spacial score (nSPS) is 22.5. The second-order valence-corrected chi connectivity index (χ2v) is 4.26. The molecule has 0 aliphatic carbocycles. The van der Waals surface area contributed by atoms with Crippen molar-refractivity contribution in [3.8, 4) is 0 Å². The van der Waals surface area contributed by atoms with Crippen LogP contribution in [-0.2, 0) is 4.79 Å². The molecule has 1 aromatic carbocycles. The highest BCUT2D eigenvalue weighted by atomic mass is 35.5. The molecule has 0 aromatic heterocycles. The van der Waals surface area contributed by atoms with Gasteiger partial charge in [0, 0.05) is 11.6 Å². The summed E-state index contributed by atoms with van der Waals surface area (Å²) in [5.41, 5.74) is 6.62. The number of halogens is 1. The maximum absolute atomic E-state index is 11.4. The SMILES string of the molecule is CC(c1ccc(Cl)cc1)N1CC(N)C1=O. The van der Waals surface area contributed by atoms with E-state index in [0.717, 1.165) is 5.56 Å². The molecule has 1 fully saturated rings. The number of likely N-dealkylation sites (tertiary alicyclic amines) is 1. The third kappa shape index (κ3) is 1.85. The lowest BCUT2D eigenvalue weighted by atomic mass is 10.0. The van der Waals surface area contributed by atoms with Crippen LogP contribution in [0.25, 0.3) is 0 Å². The van der Waals surface area contributed by atoms with Gasteiger partial charge in [0.05, 0.1) is 6.04 Å². The number of nitrogens with two attached hydrogens (primary N) is 1. The summed E-state index contributed by atoms with van der Waals surface area (Å²) in [6, 6.07) is 7.30. The molecule has 1 saturated heterocycles. The van der Waals surface area contributed by atoms with Gasteiger partial charge in [-0.25, -0.2) is 0 Å². The molecule has 80 valence electrons. The van der Waals surface area contributed by atoms with Crippen molar-refractivity contribution in [2.75, 3.05) is 6.54 Å². The van der Waals surface area contributed by atoms with Crippen LogP contribution in [0, 0.1) is 0 Å². The molecule has 2 unspecified atom stereocenters. The fraction of sp³-hybridized carbons (Fsp3) is 0.364. The molecule has 0 spiro atoms. The Hall–Kier alpha value is -1.06. The van der Waals surface area contributed by atoms with Gasteiger partial charge in [-0.15, -0.1) is 0 Å². The molecule has 4 heteroatoms. The van der Waals surface area contributed by atoms with Crippen molar-refractivity contribution in [3.05, 3.63) is 34.9 Å². The largest absolute Gasteiger partial charge is 0.332 e. The van der Waals surface area contributed by atoms with E-state index < -0.39 is 0 Å². The van der Waals surface area contributed by atoms with Crippen LogP contribution in [0.2, 0.25) is 5.02 Å². The number of benzene rings is 1. The van der Waals surface area contributed by atoms with E-state index in [4.69, 9.17) is 17.3 Å². The molecule has 2 rings (SSSR count). The van der Waals surface area contributed by atoms with Crippen LogP contribution >= 0.6 is 11.6 Å². The number of amides is 1. The molecular formula is C11H13ClN2O. The standard InChI is InChI=1S/C11H13ClN2O/c1-7(14-6-10(13)11(14)15)8-2-4-9(12)5-3-8/h2-5,7,10H,6,13H2,1H3. The minimum absolute atomic E-state index is 0.0254. The van der Waals surface area contributed by atoms with Crippen LogP contribution in [-0.4, -0.2) is 23.4 Å². The average molecular weight is 225 g/mol. The van der Waals surface area contributed by atoms with Gasteiger partial charge in [0.25, 0.3) is 0 Å². The lowest BCUT2D eigenvalue weighted by molar-refractivity contribution is -0.145. The number of hydrogen-bond acceptors (Lipinski definition) is 2. The molecule has 1 aliphatic heterocycles. The van der Waals surface area contributed by atoms with Crippen molar-refractivity contribution < 1.29 is 4.79 Å². The van der Waals surface area contributed by atoms with Gasteiger partial charge in [0.15, 0.2) is 0 Å². The molecule has 15 heavy (non-hydrogen) atoms. The van der Waals surface area contributed by atoms with Gasteiger partial charge < -0.3 is 10.6 Å². The smallest absolute Gasteiger partial charge is 0.241 e. The first-order chi connectivity index (χ1) is 7.09. The maximum atomic E-state index is 11.4. The van der Waals surface area contributed by atoms with E-state index in [1.807, 2.05) is 31.2 Å². The van der Waals surface area contributed by atoms with E-state index in [2.05, 4.69) is 0 Å². The number of β-lactam (4-membered cyclic amide) rings is 1. The summed E-state index contributed by atoms with van der Waals surface area (Å²) in [5, 5.41) is 0.706. The summed E-state index contributed by atoms with van der Waals surface area (Å²) in [6.07, 6.45) is 0. The lowest BCUT2D eigenvalue weighted by Gasteiger charge is -2.40. The van der Waals surface area contributed by atoms with E-state index in [1.165, 1.54) is 0 Å². The highest BCUT2D eigenvalue weighted by Crippen LogP contribution is 2.26. The summed E-state index contributed by atoms with van der Waals surface area (Å²) < 4.78 is 0. The van der Waals surface area contributed by atoms with Gasteiger partial charge in [-0.05, 0) is 24.6 Å². The minimum atomic E-state index is -0.306. The monoisotopic (exact) mass is 224 g/mol. The molecule has 0 radical (unpaired) electrons. The number of carbonyl (C=O) groups excluding carboxylic acids is 1. The third-order valence-electron chi connectivity index (χ3n) is 2.81. The molecule has 1 heterocycles. The Labute approximate surface area is 93.8 Å².